The SMILES string of the molecule is COc1cc([N+](=O)[O-])ccc1CN1CCc2c(nc(CC3CC3)[nH]c2=O)C1. The maximum atomic E-state index is 12.4. The van der Waals surface area contributed by atoms with Gasteiger partial charge >= 0.3 is 0 Å². The van der Waals surface area contributed by atoms with Crippen molar-refractivity contribution in [3.8, 4) is 5.75 Å². The number of non-ortho nitro benzene ring substituents is 1. The van der Waals surface area contributed by atoms with Crippen molar-refractivity contribution in [1.82, 2.24) is 14.9 Å². The molecular formula is C19H22N4O4. The highest BCUT2D eigenvalue weighted by molar-refractivity contribution is 5.44. The number of benzene rings is 1. The van der Waals surface area contributed by atoms with Gasteiger partial charge < -0.3 is 9.72 Å². The van der Waals surface area contributed by atoms with Crippen molar-refractivity contribution in [2.75, 3.05) is 13.7 Å². The fourth-order valence-corrected chi connectivity index (χ4v) is 3.59. The van der Waals surface area contributed by atoms with Gasteiger partial charge in [-0.25, -0.2) is 4.98 Å². The maximum Gasteiger partial charge on any atom is 0.273 e. The Morgan fingerprint density at radius 3 is 2.93 bits per heavy atom. The van der Waals surface area contributed by atoms with E-state index in [0.29, 0.717) is 31.2 Å². The Morgan fingerprint density at radius 1 is 1.41 bits per heavy atom. The molecule has 0 spiro atoms. The van der Waals surface area contributed by atoms with Crippen molar-refractivity contribution in [2.24, 2.45) is 5.92 Å². The normalized spacial score (nSPS) is 16.8. The second-order valence-corrected chi connectivity index (χ2v) is 7.30. The summed E-state index contributed by atoms with van der Waals surface area (Å²) in [6.07, 6.45) is 3.93. The van der Waals surface area contributed by atoms with Gasteiger partial charge in [-0.1, -0.05) is 0 Å². The van der Waals surface area contributed by atoms with Crippen LogP contribution >= 0.6 is 0 Å². The third kappa shape index (κ3) is 3.85. The van der Waals surface area contributed by atoms with Crippen LogP contribution in [-0.2, 0) is 25.9 Å². The number of rotatable bonds is 6. The number of hydrogen-bond donors (Lipinski definition) is 1. The minimum absolute atomic E-state index is 0.0109. The molecule has 0 saturated heterocycles. The molecular weight excluding hydrogens is 348 g/mol. The van der Waals surface area contributed by atoms with Crippen LogP contribution in [0, 0.1) is 16.0 Å². The second kappa shape index (κ2) is 7.11. The highest BCUT2D eigenvalue weighted by Crippen LogP contribution is 2.32. The molecule has 0 bridgehead atoms. The van der Waals surface area contributed by atoms with Crippen LogP contribution in [-0.4, -0.2) is 33.4 Å². The van der Waals surface area contributed by atoms with E-state index in [4.69, 9.17) is 9.72 Å². The number of aromatic nitrogens is 2. The molecule has 8 heteroatoms. The molecule has 0 radical (unpaired) electrons. The number of nitro groups is 1. The minimum Gasteiger partial charge on any atom is -0.496 e. The lowest BCUT2D eigenvalue weighted by atomic mass is 10.0. The zero-order chi connectivity index (χ0) is 19.0. The van der Waals surface area contributed by atoms with Crippen molar-refractivity contribution in [1.29, 1.82) is 0 Å². The van der Waals surface area contributed by atoms with Crippen LogP contribution in [0.5, 0.6) is 5.75 Å². The van der Waals surface area contributed by atoms with E-state index in [2.05, 4.69) is 9.88 Å². The summed E-state index contributed by atoms with van der Waals surface area (Å²) in [6.45, 7) is 1.92. The maximum absolute atomic E-state index is 12.4. The van der Waals surface area contributed by atoms with Crippen molar-refractivity contribution in [3.63, 3.8) is 0 Å². The number of fused-ring (bicyclic) bond motifs is 1. The predicted octanol–water partition coefficient (Wildman–Crippen LogP) is 2.20. The molecule has 1 saturated carbocycles. The molecule has 1 N–H and O–H groups in total. The predicted molar refractivity (Wildman–Crippen MR) is 98.8 cm³/mol. The third-order valence-corrected chi connectivity index (χ3v) is 5.26. The largest absolute Gasteiger partial charge is 0.496 e. The number of H-pyrrole nitrogens is 1. The molecule has 1 aliphatic carbocycles. The Hall–Kier alpha value is -2.74. The standard InChI is InChI=1S/C19H22N4O4/c1-27-17-9-14(23(25)26)5-4-13(17)10-22-7-6-15-16(11-22)20-18(21-19(15)24)8-12-2-3-12/h4-5,9,12H,2-3,6-8,10-11H2,1H3,(H,20,21,24). The molecule has 2 aromatic rings. The number of aromatic amines is 1. The summed E-state index contributed by atoms with van der Waals surface area (Å²) in [5.74, 6) is 1.95. The summed E-state index contributed by atoms with van der Waals surface area (Å²) in [4.78, 5) is 32.7. The van der Waals surface area contributed by atoms with Crippen LogP contribution in [0.3, 0.4) is 0 Å². The fourth-order valence-electron chi connectivity index (χ4n) is 3.59. The summed E-state index contributed by atoms with van der Waals surface area (Å²) in [6, 6.07) is 4.67. The van der Waals surface area contributed by atoms with Crippen molar-refractivity contribution in [3.05, 3.63) is 61.3 Å². The first-order valence-electron chi connectivity index (χ1n) is 9.18. The first-order valence-corrected chi connectivity index (χ1v) is 9.18. The van der Waals surface area contributed by atoms with Gasteiger partial charge in [-0.05, 0) is 31.2 Å². The van der Waals surface area contributed by atoms with Crippen LogP contribution < -0.4 is 10.3 Å². The highest BCUT2D eigenvalue weighted by atomic mass is 16.6. The zero-order valence-electron chi connectivity index (χ0n) is 15.2. The Kier molecular flexibility index (Phi) is 4.65. The lowest BCUT2D eigenvalue weighted by Crippen LogP contribution is -2.35. The van der Waals surface area contributed by atoms with Crippen molar-refractivity contribution < 1.29 is 9.66 Å². The summed E-state index contributed by atoms with van der Waals surface area (Å²) < 4.78 is 5.33. The number of hydrogen-bond acceptors (Lipinski definition) is 6. The lowest BCUT2D eigenvalue weighted by Gasteiger charge is -2.28. The van der Waals surface area contributed by atoms with Gasteiger partial charge in [0.2, 0.25) is 0 Å². The molecule has 2 aliphatic rings. The van der Waals surface area contributed by atoms with E-state index >= 15 is 0 Å². The highest BCUT2D eigenvalue weighted by Gasteiger charge is 2.26. The Morgan fingerprint density at radius 2 is 2.22 bits per heavy atom. The van der Waals surface area contributed by atoms with Gasteiger partial charge in [0.05, 0.1) is 23.8 Å². The van der Waals surface area contributed by atoms with Crippen LogP contribution in [0.4, 0.5) is 5.69 Å². The molecule has 2 heterocycles. The van der Waals surface area contributed by atoms with Gasteiger partial charge in [0.1, 0.15) is 11.6 Å². The fraction of sp³-hybridized carbons (Fsp3) is 0.474. The molecule has 1 aliphatic heterocycles. The van der Waals surface area contributed by atoms with Crippen LogP contribution in [0.1, 0.15) is 35.5 Å². The van der Waals surface area contributed by atoms with E-state index in [1.165, 1.54) is 32.1 Å². The molecule has 8 nitrogen and oxygen atoms in total. The number of ether oxygens (including phenoxy) is 1. The van der Waals surface area contributed by atoms with Crippen molar-refractivity contribution >= 4 is 5.69 Å². The summed E-state index contributed by atoms with van der Waals surface area (Å²) in [5.41, 5.74) is 2.51. The van der Waals surface area contributed by atoms with Gasteiger partial charge in [0, 0.05) is 43.2 Å². The van der Waals surface area contributed by atoms with Crippen molar-refractivity contribution in [2.45, 2.75) is 38.8 Å². The average Bonchev–Trinajstić information content (AvgIpc) is 3.45. The van der Waals surface area contributed by atoms with E-state index in [1.54, 1.807) is 6.07 Å². The quantitative estimate of drug-likeness (QED) is 0.618. The molecule has 27 heavy (non-hydrogen) atoms. The van der Waals surface area contributed by atoms with Crippen LogP contribution in [0.2, 0.25) is 0 Å². The minimum atomic E-state index is -0.430. The van der Waals surface area contributed by atoms with Gasteiger partial charge in [-0.2, -0.15) is 0 Å². The lowest BCUT2D eigenvalue weighted by molar-refractivity contribution is -0.384. The van der Waals surface area contributed by atoms with Gasteiger partial charge in [-0.15, -0.1) is 0 Å². The van der Waals surface area contributed by atoms with E-state index in [0.717, 1.165) is 35.6 Å². The molecule has 0 amide bonds. The first-order chi connectivity index (χ1) is 13.0. The second-order valence-electron chi connectivity index (χ2n) is 7.30. The smallest absolute Gasteiger partial charge is 0.273 e. The zero-order valence-corrected chi connectivity index (χ0v) is 15.2. The van der Waals surface area contributed by atoms with E-state index < -0.39 is 4.92 Å². The van der Waals surface area contributed by atoms with Crippen LogP contribution in [0.15, 0.2) is 23.0 Å². The van der Waals surface area contributed by atoms with Gasteiger partial charge in [0.25, 0.3) is 11.2 Å². The number of nitrogens with one attached hydrogen (secondary N) is 1. The van der Waals surface area contributed by atoms with Gasteiger partial charge in [-0.3, -0.25) is 19.8 Å². The van der Waals surface area contributed by atoms with Gasteiger partial charge in [0.15, 0.2) is 0 Å². The summed E-state index contributed by atoms with van der Waals surface area (Å²) >= 11 is 0. The monoisotopic (exact) mass is 370 g/mol. The molecule has 4 rings (SSSR count). The number of methoxy groups -OCH3 is 1. The topological polar surface area (TPSA) is 101 Å². The molecule has 1 fully saturated rings. The van der Waals surface area contributed by atoms with E-state index in [1.807, 2.05) is 0 Å². The number of nitro benzene ring substituents is 1. The molecule has 0 atom stereocenters. The Balaban J connectivity index is 1.53. The molecule has 142 valence electrons. The summed E-state index contributed by atoms with van der Waals surface area (Å²) in [7, 11) is 1.51. The van der Waals surface area contributed by atoms with E-state index in [-0.39, 0.29) is 11.2 Å². The molecule has 1 aromatic heterocycles. The Bertz CT molecular complexity index is 936. The number of nitrogens with zero attached hydrogens (tertiary/aromatic N) is 3. The summed E-state index contributed by atoms with van der Waals surface area (Å²) in [5, 5.41) is 11.0. The van der Waals surface area contributed by atoms with Crippen LogP contribution in [0.25, 0.3) is 0 Å². The average molecular weight is 370 g/mol. The van der Waals surface area contributed by atoms with E-state index in [9.17, 15) is 14.9 Å². The Labute approximate surface area is 156 Å². The molecule has 1 aromatic carbocycles. The first kappa shape index (κ1) is 17.7. The third-order valence-electron chi connectivity index (χ3n) is 5.26. The molecule has 0 unspecified atom stereocenters.